The van der Waals surface area contributed by atoms with Crippen molar-refractivity contribution in [1.82, 2.24) is 4.57 Å². The Labute approximate surface area is 218 Å². The number of rotatable bonds is 6. The van der Waals surface area contributed by atoms with Crippen molar-refractivity contribution in [1.29, 1.82) is 0 Å². The highest BCUT2D eigenvalue weighted by atomic mass is 32.1. The normalized spacial score (nSPS) is 15.4. The fourth-order valence-electron chi connectivity index (χ4n) is 4.25. The molecule has 1 aliphatic heterocycles. The number of aromatic nitrogens is 1. The Balaban J connectivity index is 1.59. The number of allylic oxidation sites excluding steroid dienone is 1. The number of esters is 1. The third-order valence-electron chi connectivity index (χ3n) is 5.92. The predicted octanol–water partition coefficient (Wildman–Crippen LogP) is 4.34. The van der Waals surface area contributed by atoms with E-state index in [4.69, 9.17) is 9.15 Å². The van der Waals surface area contributed by atoms with Gasteiger partial charge >= 0.3 is 5.97 Å². The number of aryl methyl sites for hydroxylation is 1. The first kappa shape index (κ1) is 24.6. The first-order chi connectivity index (χ1) is 17.8. The van der Waals surface area contributed by atoms with Gasteiger partial charge in [0, 0.05) is 28.6 Å². The summed E-state index contributed by atoms with van der Waals surface area (Å²) in [6.45, 7) is 5.47. The van der Waals surface area contributed by atoms with Crippen LogP contribution in [0, 0.1) is 17.0 Å². The minimum absolute atomic E-state index is 0.00640. The van der Waals surface area contributed by atoms with Crippen molar-refractivity contribution < 1.29 is 18.9 Å². The number of carbonyl (C=O) groups excluding carboxylic acids is 1. The van der Waals surface area contributed by atoms with Crippen LogP contribution in [0.25, 0.3) is 17.4 Å². The Morgan fingerprint density at radius 1 is 1.27 bits per heavy atom. The molecule has 0 aliphatic carbocycles. The third kappa shape index (κ3) is 4.47. The maximum absolute atomic E-state index is 13.6. The minimum Gasteiger partial charge on any atom is -0.463 e. The molecule has 0 spiro atoms. The molecule has 1 atom stereocenters. The lowest BCUT2D eigenvalue weighted by Gasteiger charge is -2.23. The quantitative estimate of drug-likeness (QED) is 0.206. The fraction of sp³-hybridized carbons (Fsp3) is 0.192. The summed E-state index contributed by atoms with van der Waals surface area (Å²) in [5, 5.41) is 12.9. The van der Waals surface area contributed by atoms with E-state index in [9.17, 15) is 19.7 Å². The van der Waals surface area contributed by atoms with Crippen LogP contribution in [-0.4, -0.2) is 22.1 Å². The van der Waals surface area contributed by atoms with Gasteiger partial charge in [-0.3, -0.25) is 19.5 Å². The molecule has 1 aliphatic rings. The van der Waals surface area contributed by atoms with Crippen LogP contribution in [0.2, 0.25) is 0 Å². The summed E-state index contributed by atoms with van der Waals surface area (Å²) < 4.78 is 13.2. The molecular weight excluding hydrogens is 514 g/mol. The van der Waals surface area contributed by atoms with Gasteiger partial charge in [-0.05, 0) is 56.0 Å². The van der Waals surface area contributed by atoms with Crippen LogP contribution in [0.15, 0.2) is 73.3 Å². The largest absolute Gasteiger partial charge is 0.463 e. The van der Waals surface area contributed by atoms with Crippen LogP contribution in [0.5, 0.6) is 0 Å². The molecule has 4 aromatic rings. The zero-order valence-corrected chi connectivity index (χ0v) is 21.7. The van der Waals surface area contributed by atoms with Crippen molar-refractivity contribution in [3.05, 3.63) is 105 Å². The first-order valence-electron chi connectivity index (χ1n) is 11.4. The lowest BCUT2D eigenvalue weighted by Crippen LogP contribution is -2.39. The number of nitro benzene ring substituents is 1. The standard InChI is InChI=1S/C26H21N3O6S2/c1-4-34-25(31)22-15(3)27-26-28(23(22)20-6-5-11-36-20)24(30)21(37-26)13-17-8-10-19(35-17)18-9-7-16(29(32)33)12-14(18)2/h5-13,23H,4H2,1-3H3. The highest BCUT2D eigenvalue weighted by Crippen LogP contribution is 2.33. The van der Waals surface area contributed by atoms with E-state index in [1.165, 1.54) is 39.4 Å². The Morgan fingerprint density at radius 2 is 2.08 bits per heavy atom. The molecule has 0 radical (unpaired) electrons. The molecule has 0 saturated carbocycles. The van der Waals surface area contributed by atoms with Crippen molar-refractivity contribution in [3.8, 4) is 11.3 Å². The highest BCUT2D eigenvalue weighted by molar-refractivity contribution is 7.10. The second kappa shape index (κ2) is 9.75. The number of hydrogen-bond donors (Lipinski definition) is 0. The van der Waals surface area contributed by atoms with E-state index >= 15 is 0 Å². The average Bonchev–Trinajstić information content (AvgIpc) is 3.60. The molecule has 9 nitrogen and oxygen atoms in total. The topological polar surface area (TPSA) is 117 Å². The van der Waals surface area contributed by atoms with Crippen molar-refractivity contribution in [2.24, 2.45) is 4.99 Å². The number of non-ortho nitro benzene ring substituents is 1. The molecule has 188 valence electrons. The molecule has 5 rings (SSSR count). The summed E-state index contributed by atoms with van der Waals surface area (Å²) in [6.07, 6.45) is 1.64. The summed E-state index contributed by atoms with van der Waals surface area (Å²) in [5.41, 5.74) is 2.00. The van der Waals surface area contributed by atoms with Gasteiger partial charge in [0.2, 0.25) is 0 Å². The lowest BCUT2D eigenvalue weighted by molar-refractivity contribution is -0.384. The number of nitrogens with zero attached hydrogens (tertiary/aromatic N) is 3. The van der Waals surface area contributed by atoms with Gasteiger partial charge in [-0.2, -0.15) is 0 Å². The summed E-state index contributed by atoms with van der Waals surface area (Å²) in [6, 6.07) is 11.2. The van der Waals surface area contributed by atoms with Crippen molar-refractivity contribution >= 4 is 40.4 Å². The van der Waals surface area contributed by atoms with E-state index in [2.05, 4.69) is 4.99 Å². The molecule has 1 aromatic carbocycles. The second-order valence-electron chi connectivity index (χ2n) is 8.28. The summed E-state index contributed by atoms with van der Waals surface area (Å²) >= 11 is 2.67. The Hall–Kier alpha value is -4.09. The van der Waals surface area contributed by atoms with Crippen LogP contribution in [0.4, 0.5) is 5.69 Å². The van der Waals surface area contributed by atoms with Gasteiger partial charge in [-0.25, -0.2) is 9.79 Å². The Bertz CT molecular complexity index is 1740. The smallest absolute Gasteiger partial charge is 0.338 e. The maximum atomic E-state index is 13.6. The number of hydrogen-bond acceptors (Lipinski definition) is 9. The van der Waals surface area contributed by atoms with Gasteiger partial charge in [0.1, 0.15) is 17.6 Å². The zero-order chi connectivity index (χ0) is 26.3. The second-order valence-corrected chi connectivity index (χ2v) is 10.3. The molecule has 0 saturated heterocycles. The monoisotopic (exact) mass is 535 g/mol. The van der Waals surface area contributed by atoms with Crippen LogP contribution < -0.4 is 14.9 Å². The average molecular weight is 536 g/mol. The molecular formula is C26H21N3O6S2. The zero-order valence-electron chi connectivity index (χ0n) is 20.1. The molecule has 37 heavy (non-hydrogen) atoms. The number of nitro groups is 1. The van der Waals surface area contributed by atoms with Gasteiger partial charge in [0.15, 0.2) is 4.80 Å². The van der Waals surface area contributed by atoms with E-state index in [0.717, 1.165) is 10.4 Å². The summed E-state index contributed by atoms with van der Waals surface area (Å²) in [7, 11) is 0. The molecule has 4 heterocycles. The van der Waals surface area contributed by atoms with Gasteiger partial charge in [0.25, 0.3) is 11.2 Å². The minimum atomic E-state index is -0.632. The number of fused-ring (bicyclic) bond motifs is 1. The molecule has 1 unspecified atom stereocenters. The van der Waals surface area contributed by atoms with Crippen molar-refractivity contribution in [2.45, 2.75) is 26.8 Å². The van der Waals surface area contributed by atoms with Gasteiger partial charge < -0.3 is 9.15 Å². The van der Waals surface area contributed by atoms with E-state index in [0.29, 0.717) is 37.7 Å². The number of furan rings is 1. The number of benzene rings is 1. The SMILES string of the molecule is CCOC(=O)C1=C(C)N=c2sc(=Cc3ccc(-c4ccc([N+](=O)[O-])cc4C)o3)c(=O)n2C1c1cccs1. The van der Waals surface area contributed by atoms with Gasteiger partial charge in [-0.15, -0.1) is 11.3 Å². The van der Waals surface area contributed by atoms with E-state index in [1.54, 1.807) is 45.0 Å². The fourth-order valence-corrected chi connectivity index (χ4v) is 6.10. The van der Waals surface area contributed by atoms with Crippen LogP contribution in [0.1, 0.15) is 36.1 Å². The highest BCUT2D eigenvalue weighted by Gasteiger charge is 2.33. The summed E-state index contributed by atoms with van der Waals surface area (Å²) in [4.78, 5) is 42.9. The van der Waals surface area contributed by atoms with E-state index < -0.39 is 16.9 Å². The van der Waals surface area contributed by atoms with Crippen LogP contribution in [0.3, 0.4) is 0 Å². The van der Waals surface area contributed by atoms with Crippen LogP contribution >= 0.6 is 22.7 Å². The number of carbonyl (C=O) groups is 1. The Morgan fingerprint density at radius 3 is 2.76 bits per heavy atom. The predicted molar refractivity (Wildman–Crippen MR) is 140 cm³/mol. The molecule has 0 fully saturated rings. The Kier molecular flexibility index (Phi) is 6.48. The van der Waals surface area contributed by atoms with Crippen LogP contribution in [-0.2, 0) is 9.53 Å². The molecule has 3 aromatic heterocycles. The lowest BCUT2D eigenvalue weighted by atomic mass is 10.0. The van der Waals surface area contributed by atoms with E-state index in [1.807, 2.05) is 17.5 Å². The summed E-state index contributed by atoms with van der Waals surface area (Å²) in [5.74, 6) is 0.487. The van der Waals surface area contributed by atoms with Gasteiger partial charge in [-0.1, -0.05) is 17.4 Å². The molecule has 0 N–H and O–H groups in total. The van der Waals surface area contributed by atoms with Gasteiger partial charge in [0.05, 0.1) is 27.3 Å². The maximum Gasteiger partial charge on any atom is 0.338 e. The van der Waals surface area contributed by atoms with Crippen molar-refractivity contribution in [3.63, 3.8) is 0 Å². The number of thiazole rings is 1. The first-order valence-corrected chi connectivity index (χ1v) is 13.1. The molecule has 0 bridgehead atoms. The molecule has 0 amide bonds. The van der Waals surface area contributed by atoms with Crippen molar-refractivity contribution in [2.75, 3.05) is 6.61 Å². The number of ether oxygens (including phenoxy) is 1. The third-order valence-corrected chi connectivity index (χ3v) is 7.82. The van der Waals surface area contributed by atoms with E-state index in [-0.39, 0.29) is 17.9 Å². The molecule has 11 heteroatoms. The number of thiophene rings is 1.